The fraction of sp³-hybridized carbons (Fsp3) is 0.100. The van der Waals surface area contributed by atoms with Crippen LogP contribution in [0.2, 0.25) is 0 Å². The Kier molecular flexibility index (Phi) is 6.46. The van der Waals surface area contributed by atoms with Gasteiger partial charge in [-0.05, 0) is 37.3 Å². The second kappa shape index (κ2) is 9.22. The lowest BCUT2D eigenvalue weighted by Gasteiger charge is -2.14. The molecule has 0 bridgehead atoms. The van der Waals surface area contributed by atoms with Crippen LogP contribution in [0.5, 0.6) is 5.75 Å². The summed E-state index contributed by atoms with van der Waals surface area (Å²) in [4.78, 5) is 14.4. The quantitative estimate of drug-likeness (QED) is 0.309. The van der Waals surface area contributed by atoms with E-state index in [2.05, 4.69) is 20.2 Å². The van der Waals surface area contributed by atoms with Crippen molar-refractivity contribution in [3.8, 4) is 5.75 Å². The van der Waals surface area contributed by atoms with Gasteiger partial charge in [0.05, 0.1) is 34.8 Å². The van der Waals surface area contributed by atoms with Gasteiger partial charge in [-0.3, -0.25) is 25.2 Å². The number of nitrogens with zero attached hydrogens (tertiary/aromatic N) is 3. The van der Waals surface area contributed by atoms with Crippen molar-refractivity contribution in [3.05, 3.63) is 82.7 Å². The maximum absolute atomic E-state index is 13.1. The number of nitro groups is 1. The fourth-order valence-corrected chi connectivity index (χ4v) is 3.89. The molecular formula is C20H19N5O5S. The minimum Gasteiger partial charge on any atom is -0.495 e. The highest BCUT2D eigenvalue weighted by Crippen LogP contribution is 2.31. The number of rotatable bonds is 8. The van der Waals surface area contributed by atoms with Crippen LogP contribution in [0.3, 0.4) is 0 Å². The maximum atomic E-state index is 13.1. The Balaban J connectivity index is 2.01. The highest BCUT2D eigenvalue weighted by atomic mass is 32.2. The lowest BCUT2D eigenvalue weighted by molar-refractivity contribution is -0.385. The number of nitro benzene ring substituents is 1. The van der Waals surface area contributed by atoms with E-state index in [1.807, 2.05) is 0 Å². The number of pyridine rings is 1. The molecule has 160 valence electrons. The van der Waals surface area contributed by atoms with Gasteiger partial charge in [-0.15, -0.1) is 0 Å². The third-order valence-corrected chi connectivity index (χ3v) is 5.60. The van der Waals surface area contributed by atoms with Gasteiger partial charge in [-0.1, -0.05) is 18.2 Å². The standard InChI is InChI=1S/C20H19N5O5S/c1-14(16-7-5-6-12-21-16)22-23-18-11-10-15(25(26)27)13-20(18)31(28,29)24-17-8-3-4-9-19(17)30-2/h3-13,23-24H,1-2H3/b22-14+. The molecule has 31 heavy (non-hydrogen) atoms. The molecular weight excluding hydrogens is 422 g/mol. The molecule has 2 N–H and O–H groups in total. The van der Waals surface area contributed by atoms with Gasteiger partial charge in [0.2, 0.25) is 0 Å². The first kappa shape index (κ1) is 21.7. The van der Waals surface area contributed by atoms with E-state index in [1.165, 1.54) is 25.3 Å². The predicted octanol–water partition coefficient (Wildman–Crippen LogP) is 3.64. The van der Waals surface area contributed by atoms with E-state index in [0.29, 0.717) is 17.2 Å². The molecule has 0 fully saturated rings. The number of methoxy groups -OCH3 is 1. The van der Waals surface area contributed by atoms with Crippen LogP contribution < -0.4 is 14.9 Å². The number of hydrazone groups is 1. The van der Waals surface area contributed by atoms with Gasteiger partial charge in [0.15, 0.2) is 0 Å². The van der Waals surface area contributed by atoms with Crippen LogP contribution >= 0.6 is 0 Å². The van der Waals surface area contributed by atoms with Crippen LogP contribution in [-0.2, 0) is 10.0 Å². The van der Waals surface area contributed by atoms with E-state index in [9.17, 15) is 18.5 Å². The lowest BCUT2D eigenvalue weighted by Crippen LogP contribution is -2.16. The van der Waals surface area contributed by atoms with E-state index in [0.717, 1.165) is 6.07 Å². The van der Waals surface area contributed by atoms with Crippen LogP contribution in [0, 0.1) is 10.1 Å². The number of sulfonamides is 1. The molecule has 0 spiro atoms. The fourth-order valence-electron chi connectivity index (χ4n) is 2.65. The van der Waals surface area contributed by atoms with Crippen LogP contribution in [0.1, 0.15) is 12.6 Å². The van der Waals surface area contributed by atoms with Crippen LogP contribution in [0.25, 0.3) is 0 Å². The van der Waals surface area contributed by atoms with Gasteiger partial charge in [0.1, 0.15) is 10.6 Å². The first-order valence-corrected chi connectivity index (χ1v) is 10.5. The van der Waals surface area contributed by atoms with Gasteiger partial charge in [0.25, 0.3) is 15.7 Å². The number of hydrogen-bond acceptors (Lipinski definition) is 8. The van der Waals surface area contributed by atoms with Gasteiger partial charge in [-0.25, -0.2) is 8.42 Å². The Morgan fingerprint density at radius 2 is 1.84 bits per heavy atom. The van der Waals surface area contributed by atoms with Crippen molar-refractivity contribution in [2.45, 2.75) is 11.8 Å². The molecule has 0 saturated carbocycles. The monoisotopic (exact) mass is 441 g/mol. The minimum absolute atomic E-state index is 0.0586. The number of nitrogens with one attached hydrogen (secondary N) is 2. The number of anilines is 2. The molecule has 0 atom stereocenters. The van der Waals surface area contributed by atoms with Crippen molar-refractivity contribution in [3.63, 3.8) is 0 Å². The summed E-state index contributed by atoms with van der Waals surface area (Å²) in [6.07, 6.45) is 1.60. The summed E-state index contributed by atoms with van der Waals surface area (Å²) in [5.41, 5.74) is 3.63. The Bertz CT molecular complexity index is 1230. The van der Waals surface area contributed by atoms with Crippen LogP contribution in [0.4, 0.5) is 17.1 Å². The number of ether oxygens (including phenoxy) is 1. The molecule has 0 amide bonds. The first-order chi connectivity index (χ1) is 14.8. The summed E-state index contributed by atoms with van der Waals surface area (Å²) in [5, 5.41) is 15.4. The second-order valence-corrected chi connectivity index (χ2v) is 7.92. The molecule has 1 heterocycles. The molecule has 0 unspecified atom stereocenters. The van der Waals surface area contributed by atoms with Crippen molar-refractivity contribution < 1.29 is 18.1 Å². The minimum atomic E-state index is -4.23. The summed E-state index contributed by atoms with van der Waals surface area (Å²) >= 11 is 0. The molecule has 3 rings (SSSR count). The number of non-ortho nitro benzene ring substituents is 1. The molecule has 2 aromatic carbocycles. The summed E-state index contributed by atoms with van der Waals surface area (Å²) in [6.45, 7) is 1.70. The van der Waals surface area contributed by atoms with Crippen molar-refractivity contribution in [2.75, 3.05) is 17.3 Å². The normalized spacial score (nSPS) is 11.6. The third kappa shape index (κ3) is 5.14. The zero-order chi connectivity index (χ0) is 22.4. The Morgan fingerprint density at radius 3 is 2.52 bits per heavy atom. The third-order valence-electron chi connectivity index (χ3n) is 4.20. The van der Waals surface area contributed by atoms with E-state index in [-0.39, 0.29) is 22.0 Å². The smallest absolute Gasteiger partial charge is 0.270 e. The van der Waals surface area contributed by atoms with E-state index in [4.69, 9.17) is 4.74 Å². The molecule has 11 heteroatoms. The number of benzene rings is 2. The Morgan fingerprint density at radius 1 is 1.10 bits per heavy atom. The molecule has 0 aliphatic heterocycles. The van der Waals surface area contributed by atoms with Gasteiger partial charge in [0, 0.05) is 18.3 Å². The number of aromatic nitrogens is 1. The molecule has 0 radical (unpaired) electrons. The topological polar surface area (TPSA) is 136 Å². The van der Waals surface area contributed by atoms with Gasteiger partial charge in [-0.2, -0.15) is 5.10 Å². The van der Waals surface area contributed by atoms with Crippen LogP contribution in [-0.4, -0.2) is 31.1 Å². The summed E-state index contributed by atoms with van der Waals surface area (Å²) in [7, 11) is -2.82. The first-order valence-electron chi connectivity index (χ1n) is 8.98. The summed E-state index contributed by atoms with van der Waals surface area (Å²) in [6, 6.07) is 15.2. The molecule has 10 nitrogen and oxygen atoms in total. The number of hydrogen-bond donors (Lipinski definition) is 2. The zero-order valence-corrected chi connectivity index (χ0v) is 17.5. The molecule has 1 aromatic heterocycles. The Hall–Kier alpha value is -3.99. The molecule has 0 aliphatic carbocycles. The molecule has 0 aliphatic rings. The summed E-state index contributed by atoms with van der Waals surface area (Å²) in [5.74, 6) is 0.301. The molecule has 3 aromatic rings. The second-order valence-electron chi connectivity index (χ2n) is 6.27. The van der Waals surface area contributed by atoms with E-state index in [1.54, 1.807) is 49.5 Å². The summed E-state index contributed by atoms with van der Waals surface area (Å²) < 4.78 is 33.8. The van der Waals surface area contributed by atoms with Gasteiger partial charge < -0.3 is 4.74 Å². The van der Waals surface area contributed by atoms with Gasteiger partial charge >= 0.3 is 0 Å². The molecule has 0 saturated heterocycles. The predicted molar refractivity (Wildman–Crippen MR) is 117 cm³/mol. The maximum Gasteiger partial charge on any atom is 0.270 e. The van der Waals surface area contributed by atoms with Crippen molar-refractivity contribution in [2.24, 2.45) is 5.10 Å². The zero-order valence-electron chi connectivity index (χ0n) is 16.6. The van der Waals surface area contributed by atoms with E-state index >= 15 is 0 Å². The van der Waals surface area contributed by atoms with E-state index < -0.39 is 14.9 Å². The average molecular weight is 441 g/mol. The van der Waals surface area contributed by atoms with Crippen molar-refractivity contribution >= 4 is 32.8 Å². The van der Waals surface area contributed by atoms with Crippen molar-refractivity contribution in [1.29, 1.82) is 0 Å². The van der Waals surface area contributed by atoms with Crippen LogP contribution in [0.15, 0.2) is 76.9 Å². The SMILES string of the molecule is COc1ccccc1NS(=O)(=O)c1cc([N+](=O)[O-])ccc1N/N=C(\C)c1ccccn1. The van der Waals surface area contributed by atoms with Crippen molar-refractivity contribution in [1.82, 2.24) is 4.98 Å². The average Bonchev–Trinajstić information content (AvgIpc) is 2.78. The highest BCUT2D eigenvalue weighted by molar-refractivity contribution is 7.93. The number of para-hydroxylation sites is 2. The largest absolute Gasteiger partial charge is 0.495 e. The Labute approximate surface area is 178 Å². The highest BCUT2D eigenvalue weighted by Gasteiger charge is 2.24. The lowest BCUT2D eigenvalue weighted by atomic mass is 10.2.